The Hall–Kier alpha value is -2.23. The number of carbonyl (C=O) groups is 1. The Kier molecular flexibility index (Phi) is 4.05. The van der Waals surface area contributed by atoms with Crippen molar-refractivity contribution in [2.75, 3.05) is 20.2 Å². The van der Waals surface area contributed by atoms with E-state index in [1.807, 2.05) is 18.2 Å². The third-order valence-electron chi connectivity index (χ3n) is 5.47. The first-order chi connectivity index (χ1) is 11.8. The molecular weight excluding hydrogens is 300 g/mol. The van der Waals surface area contributed by atoms with E-state index in [4.69, 9.17) is 4.74 Å². The first kappa shape index (κ1) is 15.3. The van der Waals surface area contributed by atoms with Gasteiger partial charge in [0.15, 0.2) is 0 Å². The highest BCUT2D eigenvalue weighted by molar-refractivity contribution is 5.83. The van der Waals surface area contributed by atoms with Crippen LogP contribution in [0.3, 0.4) is 0 Å². The van der Waals surface area contributed by atoms with Crippen LogP contribution in [-0.4, -0.2) is 35.6 Å². The van der Waals surface area contributed by atoms with Crippen molar-refractivity contribution >= 4 is 5.91 Å². The lowest BCUT2D eigenvalue weighted by atomic mass is 10.0. The van der Waals surface area contributed by atoms with E-state index in [1.165, 1.54) is 5.56 Å². The summed E-state index contributed by atoms with van der Waals surface area (Å²) in [6, 6.07) is 12.8. The Labute approximate surface area is 143 Å². The van der Waals surface area contributed by atoms with Gasteiger partial charge in [-0.15, -0.1) is 0 Å². The summed E-state index contributed by atoms with van der Waals surface area (Å²) in [5.74, 6) is 1.71. The lowest BCUT2D eigenvalue weighted by molar-refractivity contribution is -0.134. The number of aromatic nitrogens is 1. The van der Waals surface area contributed by atoms with Crippen LogP contribution in [0.15, 0.2) is 48.8 Å². The van der Waals surface area contributed by atoms with Crippen LogP contribution in [0.5, 0.6) is 5.75 Å². The monoisotopic (exact) mass is 324 g/mol. The number of hydrogen-bond acceptors (Lipinski definition) is 2. The molecule has 0 N–H and O–H groups in total. The first-order valence-electron chi connectivity index (χ1n) is 8.82. The third-order valence-corrected chi connectivity index (χ3v) is 5.47. The van der Waals surface area contributed by atoms with Gasteiger partial charge in [0.2, 0.25) is 5.91 Å². The molecule has 1 saturated heterocycles. The Morgan fingerprint density at radius 3 is 2.50 bits per heavy atom. The van der Waals surface area contributed by atoms with Crippen LogP contribution in [0.4, 0.5) is 0 Å². The molecule has 2 aromatic rings. The van der Waals surface area contributed by atoms with Crippen molar-refractivity contribution in [3.05, 3.63) is 54.4 Å². The summed E-state index contributed by atoms with van der Waals surface area (Å²) in [5.41, 5.74) is 1.18. The standard InChI is InChI=1S/C20H24N2O2/c1-24-19-7-3-2-6-16(19)17-14-18(17)20(23)22-12-8-15(9-13-22)21-10-4-5-11-21/h2-7,10-11,15,17-18H,8-9,12-14H2,1H3/t17-,18-/m0/s1. The minimum Gasteiger partial charge on any atom is -0.496 e. The second-order valence-corrected chi connectivity index (χ2v) is 6.88. The van der Waals surface area contributed by atoms with E-state index in [0.717, 1.165) is 38.1 Å². The van der Waals surface area contributed by atoms with Gasteiger partial charge in [0.1, 0.15) is 5.75 Å². The van der Waals surface area contributed by atoms with Crippen molar-refractivity contribution in [3.63, 3.8) is 0 Å². The molecule has 126 valence electrons. The predicted molar refractivity (Wildman–Crippen MR) is 93.1 cm³/mol. The Bertz CT molecular complexity index is 702. The zero-order chi connectivity index (χ0) is 16.5. The van der Waals surface area contributed by atoms with Crippen LogP contribution in [0.1, 0.15) is 36.8 Å². The maximum atomic E-state index is 12.8. The van der Waals surface area contributed by atoms with Gasteiger partial charge >= 0.3 is 0 Å². The second-order valence-electron chi connectivity index (χ2n) is 6.88. The van der Waals surface area contributed by atoms with Gasteiger partial charge in [0.05, 0.1) is 7.11 Å². The molecule has 1 amide bonds. The molecule has 1 aromatic heterocycles. The molecule has 2 aliphatic rings. The number of methoxy groups -OCH3 is 1. The number of amides is 1. The van der Waals surface area contributed by atoms with Crippen molar-refractivity contribution in [1.82, 2.24) is 9.47 Å². The first-order valence-corrected chi connectivity index (χ1v) is 8.82. The molecule has 4 nitrogen and oxygen atoms in total. The highest BCUT2D eigenvalue weighted by atomic mass is 16.5. The number of rotatable bonds is 4. The second kappa shape index (κ2) is 6.34. The summed E-state index contributed by atoms with van der Waals surface area (Å²) in [7, 11) is 1.70. The van der Waals surface area contributed by atoms with Crippen LogP contribution >= 0.6 is 0 Å². The van der Waals surface area contributed by atoms with Gasteiger partial charge in [0.25, 0.3) is 0 Å². The lowest BCUT2D eigenvalue weighted by Gasteiger charge is -2.33. The number of para-hydroxylation sites is 1. The number of likely N-dealkylation sites (tertiary alicyclic amines) is 1. The van der Waals surface area contributed by atoms with Crippen molar-refractivity contribution in [2.45, 2.75) is 31.2 Å². The SMILES string of the molecule is COc1ccccc1[C@@H]1C[C@@H]1C(=O)N1CCC(n2cccc2)CC1. The summed E-state index contributed by atoms with van der Waals surface area (Å²) >= 11 is 0. The van der Waals surface area contributed by atoms with Gasteiger partial charge in [0, 0.05) is 37.4 Å². The summed E-state index contributed by atoms with van der Waals surface area (Å²) < 4.78 is 7.72. The van der Waals surface area contributed by atoms with E-state index in [2.05, 4.69) is 40.1 Å². The van der Waals surface area contributed by atoms with Crippen molar-refractivity contribution < 1.29 is 9.53 Å². The van der Waals surface area contributed by atoms with Gasteiger partial charge in [-0.2, -0.15) is 0 Å². The Morgan fingerprint density at radius 1 is 1.08 bits per heavy atom. The van der Waals surface area contributed by atoms with Gasteiger partial charge < -0.3 is 14.2 Å². The van der Waals surface area contributed by atoms with Crippen LogP contribution < -0.4 is 4.74 Å². The number of nitrogens with zero attached hydrogens (tertiary/aromatic N) is 2. The number of benzene rings is 1. The zero-order valence-electron chi connectivity index (χ0n) is 14.1. The summed E-state index contributed by atoms with van der Waals surface area (Å²) in [6.07, 6.45) is 7.30. The van der Waals surface area contributed by atoms with Gasteiger partial charge in [-0.3, -0.25) is 4.79 Å². The molecule has 4 heteroatoms. The fraction of sp³-hybridized carbons (Fsp3) is 0.450. The minimum atomic E-state index is 0.143. The maximum absolute atomic E-state index is 12.8. The molecule has 1 aliphatic heterocycles. The number of piperidine rings is 1. The van der Waals surface area contributed by atoms with Gasteiger partial charge in [-0.05, 0) is 48.9 Å². The maximum Gasteiger partial charge on any atom is 0.226 e. The molecule has 1 aromatic carbocycles. The van der Waals surface area contributed by atoms with Crippen molar-refractivity contribution in [1.29, 1.82) is 0 Å². The molecule has 0 bridgehead atoms. The molecule has 0 radical (unpaired) electrons. The summed E-state index contributed by atoms with van der Waals surface area (Å²) in [4.78, 5) is 14.9. The molecule has 1 aliphatic carbocycles. The van der Waals surface area contributed by atoms with Crippen LogP contribution in [0.25, 0.3) is 0 Å². The highest BCUT2D eigenvalue weighted by Gasteiger charge is 2.47. The quantitative estimate of drug-likeness (QED) is 0.863. The lowest BCUT2D eigenvalue weighted by Crippen LogP contribution is -2.40. The highest BCUT2D eigenvalue weighted by Crippen LogP contribution is 2.51. The third kappa shape index (κ3) is 2.81. The molecule has 2 fully saturated rings. The van der Waals surface area contributed by atoms with E-state index in [1.54, 1.807) is 7.11 Å². The van der Waals surface area contributed by atoms with E-state index in [-0.39, 0.29) is 5.92 Å². The zero-order valence-corrected chi connectivity index (χ0v) is 14.1. The van der Waals surface area contributed by atoms with Gasteiger partial charge in [-0.25, -0.2) is 0 Å². The molecular formula is C20H24N2O2. The molecule has 0 spiro atoms. The fourth-order valence-corrected chi connectivity index (χ4v) is 3.99. The van der Waals surface area contributed by atoms with Crippen LogP contribution in [0.2, 0.25) is 0 Å². The summed E-state index contributed by atoms with van der Waals surface area (Å²) in [6.45, 7) is 1.74. The largest absolute Gasteiger partial charge is 0.496 e. The molecule has 0 unspecified atom stereocenters. The van der Waals surface area contributed by atoms with Crippen molar-refractivity contribution in [3.8, 4) is 5.75 Å². The van der Waals surface area contributed by atoms with E-state index in [9.17, 15) is 4.79 Å². The molecule has 2 atom stereocenters. The normalized spacial score (nSPS) is 24.0. The number of carbonyl (C=O) groups excluding carboxylic acids is 1. The Morgan fingerprint density at radius 2 is 1.79 bits per heavy atom. The van der Waals surface area contributed by atoms with Crippen molar-refractivity contribution in [2.24, 2.45) is 5.92 Å². The van der Waals surface area contributed by atoms with Crippen LogP contribution in [-0.2, 0) is 4.79 Å². The van der Waals surface area contributed by atoms with E-state index >= 15 is 0 Å². The van der Waals surface area contributed by atoms with E-state index < -0.39 is 0 Å². The average molecular weight is 324 g/mol. The smallest absolute Gasteiger partial charge is 0.226 e. The Balaban J connectivity index is 1.36. The predicted octanol–water partition coefficient (Wildman–Crippen LogP) is 3.46. The minimum absolute atomic E-state index is 0.143. The van der Waals surface area contributed by atoms with Gasteiger partial charge in [-0.1, -0.05) is 18.2 Å². The molecule has 2 heterocycles. The molecule has 1 saturated carbocycles. The average Bonchev–Trinajstić information content (AvgIpc) is 3.25. The molecule has 24 heavy (non-hydrogen) atoms. The fourth-order valence-electron chi connectivity index (χ4n) is 3.99. The number of ether oxygens (including phenoxy) is 1. The van der Waals surface area contributed by atoms with E-state index in [0.29, 0.717) is 17.9 Å². The number of hydrogen-bond donors (Lipinski definition) is 0. The topological polar surface area (TPSA) is 34.5 Å². The summed E-state index contributed by atoms with van der Waals surface area (Å²) in [5, 5.41) is 0. The van der Waals surface area contributed by atoms with Crippen LogP contribution in [0, 0.1) is 5.92 Å². The molecule has 4 rings (SSSR count).